The highest BCUT2D eigenvalue weighted by atomic mass is 16.5. The van der Waals surface area contributed by atoms with E-state index in [9.17, 15) is 0 Å². The maximum atomic E-state index is 5.39. The van der Waals surface area contributed by atoms with Gasteiger partial charge in [-0.15, -0.1) is 0 Å². The van der Waals surface area contributed by atoms with Crippen LogP contribution in [0.1, 0.15) is 0 Å². The SMILES string of the molecule is c1ccc(Nc2nc(N3CCOCC3)nc3[nH]cnc23)cc1. The van der Waals surface area contributed by atoms with E-state index in [4.69, 9.17) is 4.74 Å². The molecule has 0 spiro atoms. The first-order valence-corrected chi connectivity index (χ1v) is 7.26. The molecule has 1 aromatic carbocycles. The van der Waals surface area contributed by atoms with Crippen LogP contribution in [0.3, 0.4) is 0 Å². The molecule has 112 valence electrons. The first-order valence-electron chi connectivity index (χ1n) is 7.26. The van der Waals surface area contributed by atoms with Crippen molar-refractivity contribution in [3.63, 3.8) is 0 Å². The molecule has 2 aromatic heterocycles. The fourth-order valence-corrected chi connectivity index (χ4v) is 2.47. The van der Waals surface area contributed by atoms with Crippen LogP contribution in [0, 0.1) is 0 Å². The Morgan fingerprint density at radius 3 is 2.73 bits per heavy atom. The predicted octanol–water partition coefficient (Wildman–Crippen LogP) is 1.93. The highest BCUT2D eigenvalue weighted by Crippen LogP contribution is 2.24. The third-order valence-electron chi connectivity index (χ3n) is 3.60. The average molecular weight is 296 g/mol. The van der Waals surface area contributed by atoms with Crippen LogP contribution in [0.15, 0.2) is 36.7 Å². The molecule has 0 unspecified atom stereocenters. The molecular formula is C15H16N6O. The number of nitrogens with zero attached hydrogens (tertiary/aromatic N) is 4. The van der Waals surface area contributed by atoms with Gasteiger partial charge in [0.15, 0.2) is 17.0 Å². The number of hydrogen-bond acceptors (Lipinski definition) is 6. The summed E-state index contributed by atoms with van der Waals surface area (Å²) in [5.41, 5.74) is 2.44. The van der Waals surface area contributed by atoms with E-state index in [0.29, 0.717) is 25.0 Å². The van der Waals surface area contributed by atoms with Crippen LogP contribution < -0.4 is 10.2 Å². The molecule has 2 N–H and O–H groups in total. The van der Waals surface area contributed by atoms with Gasteiger partial charge in [-0.1, -0.05) is 18.2 Å². The van der Waals surface area contributed by atoms with Gasteiger partial charge in [0.25, 0.3) is 0 Å². The van der Waals surface area contributed by atoms with Crippen LogP contribution in [0.25, 0.3) is 11.2 Å². The number of rotatable bonds is 3. The predicted molar refractivity (Wildman–Crippen MR) is 84.4 cm³/mol. The van der Waals surface area contributed by atoms with Gasteiger partial charge in [-0.25, -0.2) is 4.98 Å². The van der Waals surface area contributed by atoms with E-state index in [-0.39, 0.29) is 0 Å². The molecule has 1 saturated heterocycles. The van der Waals surface area contributed by atoms with E-state index >= 15 is 0 Å². The number of fused-ring (bicyclic) bond motifs is 1. The van der Waals surface area contributed by atoms with Gasteiger partial charge >= 0.3 is 0 Å². The Balaban J connectivity index is 1.73. The molecule has 7 heteroatoms. The highest BCUT2D eigenvalue weighted by Gasteiger charge is 2.17. The summed E-state index contributed by atoms with van der Waals surface area (Å²) in [5.74, 6) is 1.40. The van der Waals surface area contributed by atoms with E-state index in [1.54, 1.807) is 6.33 Å². The summed E-state index contributed by atoms with van der Waals surface area (Å²) in [6.07, 6.45) is 1.64. The maximum Gasteiger partial charge on any atom is 0.229 e. The van der Waals surface area contributed by atoms with Crippen molar-refractivity contribution in [1.82, 2.24) is 19.9 Å². The number of H-pyrrole nitrogens is 1. The van der Waals surface area contributed by atoms with Crippen molar-refractivity contribution >= 4 is 28.6 Å². The van der Waals surface area contributed by atoms with Gasteiger partial charge in [-0.05, 0) is 12.1 Å². The third-order valence-corrected chi connectivity index (χ3v) is 3.60. The number of anilines is 3. The number of para-hydroxylation sites is 1. The zero-order valence-electron chi connectivity index (χ0n) is 12.0. The topological polar surface area (TPSA) is 79.0 Å². The van der Waals surface area contributed by atoms with Crippen LogP contribution in [-0.4, -0.2) is 46.2 Å². The minimum Gasteiger partial charge on any atom is -0.378 e. The summed E-state index contributed by atoms with van der Waals surface area (Å²) in [5, 5.41) is 3.32. The Kier molecular flexibility index (Phi) is 3.32. The smallest absolute Gasteiger partial charge is 0.229 e. The minimum atomic E-state index is 0.693. The summed E-state index contributed by atoms with van der Waals surface area (Å²) >= 11 is 0. The van der Waals surface area contributed by atoms with Crippen LogP contribution >= 0.6 is 0 Å². The van der Waals surface area contributed by atoms with Crippen molar-refractivity contribution in [2.75, 3.05) is 36.5 Å². The molecule has 1 aliphatic rings. The van der Waals surface area contributed by atoms with Gasteiger partial charge in [-0.2, -0.15) is 9.97 Å². The fraction of sp³-hybridized carbons (Fsp3) is 0.267. The molecule has 0 bridgehead atoms. The van der Waals surface area contributed by atoms with Gasteiger partial charge < -0.3 is 19.9 Å². The van der Waals surface area contributed by atoms with Crippen molar-refractivity contribution in [1.29, 1.82) is 0 Å². The molecule has 1 fully saturated rings. The maximum absolute atomic E-state index is 5.39. The molecular weight excluding hydrogens is 280 g/mol. The van der Waals surface area contributed by atoms with E-state index in [2.05, 4.69) is 30.2 Å². The second kappa shape index (κ2) is 5.61. The third kappa shape index (κ3) is 2.46. The Hall–Kier alpha value is -2.67. The van der Waals surface area contributed by atoms with Crippen molar-refractivity contribution in [2.24, 2.45) is 0 Å². The van der Waals surface area contributed by atoms with Crippen molar-refractivity contribution < 1.29 is 4.74 Å². The van der Waals surface area contributed by atoms with E-state index in [1.807, 2.05) is 30.3 Å². The lowest BCUT2D eigenvalue weighted by Crippen LogP contribution is -2.37. The van der Waals surface area contributed by atoms with Crippen LogP contribution in [0.5, 0.6) is 0 Å². The first kappa shape index (κ1) is 13.0. The van der Waals surface area contributed by atoms with E-state index in [1.165, 1.54) is 0 Å². The summed E-state index contributed by atoms with van der Waals surface area (Å²) in [6, 6.07) is 9.93. The van der Waals surface area contributed by atoms with Crippen LogP contribution in [0.4, 0.5) is 17.5 Å². The Morgan fingerprint density at radius 2 is 1.91 bits per heavy atom. The second-order valence-corrected chi connectivity index (χ2v) is 5.06. The standard InChI is InChI=1S/C15H16N6O/c1-2-4-11(5-3-1)18-14-12-13(17-10-16-12)19-15(20-14)21-6-8-22-9-7-21/h1-5,10H,6-9H2,(H2,16,17,18,19,20). The molecule has 0 amide bonds. The monoisotopic (exact) mass is 296 g/mol. The normalized spacial score (nSPS) is 15.2. The van der Waals surface area contributed by atoms with Gasteiger partial charge in [-0.3, -0.25) is 0 Å². The molecule has 7 nitrogen and oxygen atoms in total. The fourth-order valence-electron chi connectivity index (χ4n) is 2.47. The van der Waals surface area contributed by atoms with E-state index < -0.39 is 0 Å². The number of aromatic nitrogens is 4. The number of nitrogens with one attached hydrogen (secondary N) is 2. The lowest BCUT2D eigenvalue weighted by Gasteiger charge is -2.27. The molecule has 1 aliphatic heterocycles. The highest BCUT2D eigenvalue weighted by molar-refractivity contribution is 5.86. The molecule has 0 aliphatic carbocycles. The quantitative estimate of drug-likeness (QED) is 0.769. The van der Waals surface area contributed by atoms with Crippen molar-refractivity contribution in [3.05, 3.63) is 36.7 Å². The van der Waals surface area contributed by atoms with Gasteiger partial charge in [0.1, 0.15) is 0 Å². The van der Waals surface area contributed by atoms with E-state index in [0.717, 1.165) is 29.9 Å². The number of imidazole rings is 1. The molecule has 0 atom stereocenters. The van der Waals surface area contributed by atoms with Gasteiger partial charge in [0.2, 0.25) is 5.95 Å². The van der Waals surface area contributed by atoms with Crippen LogP contribution in [-0.2, 0) is 4.74 Å². The zero-order valence-corrected chi connectivity index (χ0v) is 12.0. The van der Waals surface area contributed by atoms with Crippen LogP contribution in [0.2, 0.25) is 0 Å². The molecule has 3 aromatic rings. The molecule has 22 heavy (non-hydrogen) atoms. The first-order chi connectivity index (χ1) is 10.9. The van der Waals surface area contributed by atoms with Gasteiger partial charge in [0.05, 0.1) is 19.5 Å². The molecule has 0 saturated carbocycles. The average Bonchev–Trinajstić information content (AvgIpc) is 3.05. The lowest BCUT2D eigenvalue weighted by atomic mass is 10.3. The Bertz CT molecular complexity index is 766. The molecule has 4 rings (SSSR count). The minimum absolute atomic E-state index is 0.693. The number of morpholine rings is 1. The number of benzene rings is 1. The summed E-state index contributed by atoms with van der Waals surface area (Å²) in [6.45, 7) is 2.99. The van der Waals surface area contributed by atoms with Crippen molar-refractivity contribution in [2.45, 2.75) is 0 Å². The lowest BCUT2D eigenvalue weighted by molar-refractivity contribution is 0.122. The summed E-state index contributed by atoms with van der Waals surface area (Å²) in [7, 11) is 0. The number of aromatic amines is 1. The van der Waals surface area contributed by atoms with Gasteiger partial charge in [0, 0.05) is 18.8 Å². The number of ether oxygens (including phenoxy) is 1. The summed E-state index contributed by atoms with van der Waals surface area (Å²) in [4.78, 5) is 18.7. The zero-order chi connectivity index (χ0) is 14.8. The largest absolute Gasteiger partial charge is 0.378 e. The number of hydrogen-bond donors (Lipinski definition) is 2. The Labute approximate surface area is 127 Å². The molecule has 3 heterocycles. The van der Waals surface area contributed by atoms with Crippen molar-refractivity contribution in [3.8, 4) is 0 Å². The second-order valence-electron chi connectivity index (χ2n) is 5.06. The molecule has 0 radical (unpaired) electrons. The Morgan fingerprint density at radius 1 is 1.09 bits per heavy atom. The summed E-state index contributed by atoms with van der Waals surface area (Å²) < 4.78 is 5.39.